The van der Waals surface area contributed by atoms with Crippen molar-refractivity contribution < 1.29 is 28.8 Å². The molecule has 0 saturated carbocycles. The molecule has 6 nitrogen and oxygen atoms in total. The predicted octanol–water partition coefficient (Wildman–Crippen LogP) is 6.93. The molecule has 1 fully saturated rings. The van der Waals surface area contributed by atoms with Gasteiger partial charge in [0, 0.05) is 30.9 Å². The van der Waals surface area contributed by atoms with E-state index < -0.39 is 18.3 Å². The van der Waals surface area contributed by atoms with Gasteiger partial charge in [0.1, 0.15) is 36.6 Å². The Morgan fingerprint density at radius 1 is 0.811 bits per heavy atom. The van der Waals surface area contributed by atoms with Crippen LogP contribution in [0.3, 0.4) is 0 Å². The van der Waals surface area contributed by atoms with E-state index in [1.165, 1.54) is 0 Å². The van der Waals surface area contributed by atoms with Crippen molar-refractivity contribution in [3.05, 3.63) is 33.8 Å². The number of aryl methyl sites for hydroxylation is 1. The molecule has 0 aliphatic carbocycles. The van der Waals surface area contributed by atoms with Crippen LogP contribution in [0.25, 0.3) is 0 Å². The minimum Gasteiger partial charge on any atom is -0.386 e. The topological polar surface area (TPSA) is 66.4 Å². The summed E-state index contributed by atoms with van der Waals surface area (Å²) in [5.74, 6) is 0. The van der Waals surface area contributed by atoms with E-state index in [2.05, 4.69) is 43.6 Å². The molecule has 0 radical (unpaired) electrons. The van der Waals surface area contributed by atoms with Crippen molar-refractivity contribution in [2.75, 3.05) is 33.0 Å². The number of ether oxygens (including phenoxy) is 5. The largest absolute Gasteiger partial charge is 0.386 e. The molecule has 1 N–H and O–H groups in total. The van der Waals surface area contributed by atoms with Gasteiger partial charge in [-0.15, -0.1) is 0 Å². The first kappa shape index (κ1) is 32.7. The normalized spacial score (nSPS) is 24.9. The van der Waals surface area contributed by atoms with E-state index in [0.29, 0.717) is 33.0 Å². The van der Waals surface area contributed by atoms with Gasteiger partial charge in [-0.2, -0.15) is 0 Å². The molecule has 37 heavy (non-hydrogen) atoms. The quantitative estimate of drug-likeness (QED) is 0.177. The van der Waals surface area contributed by atoms with Crippen molar-refractivity contribution in [2.45, 2.75) is 123 Å². The Morgan fingerprint density at radius 2 is 1.35 bits per heavy atom. The summed E-state index contributed by atoms with van der Waals surface area (Å²) in [6.07, 6.45) is 5.07. The van der Waals surface area contributed by atoms with Crippen molar-refractivity contribution in [1.82, 2.24) is 0 Å². The monoisotopic (exact) mass is 586 g/mol. The third-order valence-corrected chi connectivity index (χ3v) is 7.37. The number of aliphatic hydroxyl groups excluding tert-OH is 1. The van der Waals surface area contributed by atoms with Gasteiger partial charge < -0.3 is 28.8 Å². The number of unbranched alkanes of at least 4 members (excludes halogenated alkanes) is 4. The molecular formula is C30H51BrO6. The van der Waals surface area contributed by atoms with Crippen molar-refractivity contribution in [1.29, 1.82) is 0 Å². The summed E-state index contributed by atoms with van der Waals surface area (Å²) in [5, 5.41) is 11.7. The second-order valence-corrected chi connectivity index (χ2v) is 11.0. The highest BCUT2D eigenvalue weighted by Crippen LogP contribution is 2.36. The maximum absolute atomic E-state index is 11.7. The molecule has 1 heterocycles. The molecule has 6 atom stereocenters. The molecule has 2 unspecified atom stereocenters. The highest BCUT2D eigenvalue weighted by molar-refractivity contribution is 9.10. The average molecular weight is 588 g/mol. The summed E-state index contributed by atoms with van der Waals surface area (Å²) in [6.45, 7) is 13.5. The van der Waals surface area contributed by atoms with E-state index in [1.54, 1.807) is 0 Å². The predicted molar refractivity (Wildman–Crippen MR) is 152 cm³/mol. The smallest absolute Gasteiger partial charge is 0.117 e. The van der Waals surface area contributed by atoms with Crippen molar-refractivity contribution in [2.24, 2.45) is 0 Å². The first-order valence-electron chi connectivity index (χ1n) is 14.5. The van der Waals surface area contributed by atoms with Gasteiger partial charge in [0.15, 0.2) is 0 Å². The van der Waals surface area contributed by atoms with Gasteiger partial charge in [-0.25, -0.2) is 0 Å². The Hall–Kier alpha value is -0.540. The second-order valence-electron chi connectivity index (χ2n) is 10.1. The first-order chi connectivity index (χ1) is 18.0. The fourth-order valence-electron chi connectivity index (χ4n) is 4.60. The van der Waals surface area contributed by atoms with E-state index in [4.69, 9.17) is 23.7 Å². The number of hydrogen-bond acceptors (Lipinski definition) is 6. The van der Waals surface area contributed by atoms with Gasteiger partial charge in [-0.1, -0.05) is 75.4 Å². The molecule has 1 aromatic rings. The van der Waals surface area contributed by atoms with E-state index in [9.17, 15) is 5.11 Å². The number of rotatable bonds is 19. The Morgan fingerprint density at radius 3 is 1.92 bits per heavy atom. The van der Waals surface area contributed by atoms with E-state index in [1.807, 2.05) is 25.1 Å². The van der Waals surface area contributed by atoms with Gasteiger partial charge in [-0.3, -0.25) is 0 Å². The molecule has 1 aliphatic heterocycles. The molecule has 2 rings (SSSR count). The van der Waals surface area contributed by atoms with Crippen molar-refractivity contribution >= 4 is 15.9 Å². The summed E-state index contributed by atoms with van der Waals surface area (Å²) in [6, 6.07) is 5.93. The summed E-state index contributed by atoms with van der Waals surface area (Å²) < 4.78 is 33.1. The lowest BCUT2D eigenvalue weighted by Crippen LogP contribution is -2.62. The van der Waals surface area contributed by atoms with Gasteiger partial charge in [-0.05, 0) is 55.9 Å². The molecule has 0 spiro atoms. The minimum absolute atomic E-state index is 0.328. The first-order valence-corrected chi connectivity index (χ1v) is 15.3. The number of aliphatic hydroxyl groups is 1. The van der Waals surface area contributed by atoms with Crippen LogP contribution in [0.2, 0.25) is 0 Å². The van der Waals surface area contributed by atoms with Crippen LogP contribution < -0.4 is 0 Å². The molecule has 214 valence electrons. The van der Waals surface area contributed by atoms with E-state index in [-0.39, 0.29) is 18.3 Å². The van der Waals surface area contributed by atoms with Crippen LogP contribution in [0.5, 0.6) is 0 Å². The summed E-state index contributed by atoms with van der Waals surface area (Å²) in [7, 11) is 0. The van der Waals surface area contributed by atoms with Gasteiger partial charge >= 0.3 is 0 Å². The van der Waals surface area contributed by atoms with E-state index >= 15 is 0 Å². The summed E-state index contributed by atoms with van der Waals surface area (Å²) in [5.41, 5.74) is 1.83. The molecule has 0 amide bonds. The zero-order valence-electron chi connectivity index (χ0n) is 23.8. The minimum atomic E-state index is -0.869. The fraction of sp³-hybridized carbons (Fsp3) is 0.800. The van der Waals surface area contributed by atoms with Crippen molar-refractivity contribution in [3.63, 3.8) is 0 Å². The zero-order valence-corrected chi connectivity index (χ0v) is 25.3. The Kier molecular flexibility index (Phi) is 16.5. The van der Waals surface area contributed by atoms with E-state index in [0.717, 1.165) is 67.0 Å². The maximum Gasteiger partial charge on any atom is 0.117 e. The zero-order chi connectivity index (χ0) is 27.0. The Balaban J connectivity index is 2.42. The number of halogens is 1. The van der Waals surface area contributed by atoms with Crippen LogP contribution in [-0.2, 0) is 23.7 Å². The molecule has 1 aromatic carbocycles. The van der Waals surface area contributed by atoms with Crippen LogP contribution in [-0.4, -0.2) is 68.7 Å². The highest BCUT2D eigenvalue weighted by Gasteiger charge is 2.50. The molecule has 0 aromatic heterocycles. The third kappa shape index (κ3) is 10.5. The fourth-order valence-corrected chi connectivity index (χ4v) is 5.07. The SMILES string of the molecule is CCCCOCC1O[C@H]([C@@H](O)c2ccc(Br)cc2C)C(OCCCC)[C@@H](OCCCC)[C@@H]1OCCCC. The van der Waals surface area contributed by atoms with Crippen LogP contribution in [0.1, 0.15) is 96.3 Å². The van der Waals surface area contributed by atoms with Crippen LogP contribution in [0, 0.1) is 6.92 Å². The summed E-state index contributed by atoms with van der Waals surface area (Å²) >= 11 is 3.54. The lowest BCUT2D eigenvalue weighted by Gasteiger charge is -2.47. The standard InChI is InChI=1S/C30H51BrO6/c1-6-10-16-33-21-25-27(34-17-11-7-2)29(35-18-12-8-3)30(36-19-13-9-4)28(37-25)26(32)24-15-14-23(31)20-22(24)5/h14-15,20,25-30,32H,6-13,16-19,21H2,1-5H3/t25?,26-,27+,28+,29-,30?/m0/s1. The lowest BCUT2D eigenvalue weighted by atomic mass is 9.88. The summed E-state index contributed by atoms with van der Waals surface area (Å²) in [4.78, 5) is 0. The third-order valence-electron chi connectivity index (χ3n) is 6.88. The molecule has 7 heteroatoms. The van der Waals surface area contributed by atoms with Crippen molar-refractivity contribution in [3.8, 4) is 0 Å². The van der Waals surface area contributed by atoms with Gasteiger partial charge in [0.2, 0.25) is 0 Å². The van der Waals surface area contributed by atoms with Gasteiger partial charge in [0.25, 0.3) is 0 Å². The average Bonchev–Trinajstić information content (AvgIpc) is 2.88. The highest BCUT2D eigenvalue weighted by atomic mass is 79.9. The number of hydrogen-bond donors (Lipinski definition) is 1. The molecule has 0 bridgehead atoms. The van der Waals surface area contributed by atoms with Crippen LogP contribution >= 0.6 is 15.9 Å². The molecular weight excluding hydrogens is 536 g/mol. The molecule has 1 saturated heterocycles. The molecule has 1 aliphatic rings. The maximum atomic E-state index is 11.7. The van der Waals surface area contributed by atoms with Crippen LogP contribution in [0.4, 0.5) is 0 Å². The van der Waals surface area contributed by atoms with Crippen LogP contribution in [0.15, 0.2) is 22.7 Å². The Bertz CT molecular complexity index is 732. The number of benzene rings is 1. The lowest BCUT2D eigenvalue weighted by molar-refractivity contribution is -0.281. The van der Waals surface area contributed by atoms with Gasteiger partial charge in [0.05, 0.1) is 6.61 Å². The second kappa shape index (κ2) is 18.7. The Labute approximate surface area is 233 Å².